The molecule has 0 aliphatic carbocycles. The van der Waals surface area contributed by atoms with E-state index >= 15 is 0 Å². The van der Waals surface area contributed by atoms with Crippen LogP contribution in [0.2, 0.25) is 5.02 Å². The van der Waals surface area contributed by atoms with Crippen LogP contribution in [0.3, 0.4) is 0 Å². The number of carbonyl (C=O) groups is 1. The number of amides is 1. The Kier molecular flexibility index (Phi) is 5.54. The minimum Gasteiger partial charge on any atom is -0.493 e. The fourth-order valence-electron chi connectivity index (χ4n) is 4.42. The molecular formula is C27H22ClNO5. The summed E-state index contributed by atoms with van der Waals surface area (Å²) in [6, 6.07) is 17.5. The molecule has 0 saturated heterocycles. The molecule has 0 fully saturated rings. The normalized spacial score (nSPS) is 15.0. The third-order valence-corrected chi connectivity index (χ3v) is 6.36. The molecule has 34 heavy (non-hydrogen) atoms. The van der Waals surface area contributed by atoms with Gasteiger partial charge in [0.05, 0.1) is 31.2 Å². The fourth-order valence-corrected chi connectivity index (χ4v) is 4.59. The average Bonchev–Trinajstić information content (AvgIpc) is 3.12. The summed E-state index contributed by atoms with van der Waals surface area (Å²) in [6.07, 6.45) is 0. The number of fused-ring (bicyclic) bond motifs is 2. The number of methoxy groups -OCH3 is 2. The Morgan fingerprint density at radius 1 is 0.941 bits per heavy atom. The molecule has 0 radical (unpaired) electrons. The second-order valence-corrected chi connectivity index (χ2v) is 8.69. The van der Waals surface area contributed by atoms with Crippen molar-refractivity contribution in [3.63, 3.8) is 0 Å². The first-order chi connectivity index (χ1) is 16.4. The molecule has 1 aromatic heterocycles. The third-order valence-electron chi connectivity index (χ3n) is 6.12. The smallest absolute Gasteiger partial charge is 0.291 e. The molecule has 3 aromatic carbocycles. The van der Waals surface area contributed by atoms with Crippen LogP contribution >= 0.6 is 11.6 Å². The molecule has 1 atom stereocenters. The van der Waals surface area contributed by atoms with Crippen molar-refractivity contribution in [3.8, 4) is 11.5 Å². The highest BCUT2D eigenvalue weighted by Gasteiger charge is 2.43. The largest absolute Gasteiger partial charge is 0.493 e. The van der Waals surface area contributed by atoms with Crippen molar-refractivity contribution >= 4 is 28.5 Å². The van der Waals surface area contributed by atoms with E-state index in [1.54, 1.807) is 49.5 Å². The Hall–Kier alpha value is -3.77. The zero-order valence-corrected chi connectivity index (χ0v) is 19.7. The highest BCUT2D eigenvalue weighted by atomic mass is 35.5. The number of rotatable bonds is 5. The van der Waals surface area contributed by atoms with Crippen molar-refractivity contribution in [2.75, 3.05) is 14.2 Å². The maximum absolute atomic E-state index is 13.7. The number of aryl methyl sites for hydroxylation is 1. The van der Waals surface area contributed by atoms with E-state index in [1.165, 1.54) is 0 Å². The SMILES string of the molecule is COc1ccc([C@@H]2c3c(oc4ccc(Cl)cc4c3=O)C(=O)N2Cc2ccc(C)cc2)cc1OC. The molecule has 0 bridgehead atoms. The van der Waals surface area contributed by atoms with Crippen LogP contribution in [0.1, 0.15) is 38.9 Å². The van der Waals surface area contributed by atoms with Gasteiger partial charge in [-0.1, -0.05) is 47.5 Å². The zero-order chi connectivity index (χ0) is 24.0. The van der Waals surface area contributed by atoms with E-state index in [2.05, 4.69) is 0 Å². The van der Waals surface area contributed by atoms with Gasteiger partial charge in [0.2, 0.25) is 5.76 Å². The van der Waals surface area contributed by atoms with Gasteiger partial charge in [0.1, 0.15) is 5.58 Å². The topological polar surface area (TPSA) is 69.0 Å². The zero-order valence-electron chi connectivity index (χ0n) is 18.9. The fraction of sp³-hybridized carbons (Fsp3) is 0.185. The first kappa shape index (κ1) is 22.0. The molecule has 4 aromatic rings. The number of halogens is 1. The summed E-state index contributed by atoms with van der Waals surface area (Å²) in [5, 5.41) is 0.755. The molecule has 0 spiro atoms. The monoisotopic (exact) mass is 475 g/mol. The number of ether oxygens (including phenoxy) is 2. The van der Waals surface area contributed by atoms with Gasteiger partial charge in [0, 0.05) is 11.6 Å². The highest BCUT2D eigenvalue weighted by molar-refractivity contribution is 6.31. The van der Waals surface area contributed by atoms with E-state index in [0.717, 1.165) is 11.1 Å². The van der Waals surface area contributed by atoms with Crippen LogP contribution in [0.5, 0.6) is 11.5 Å². The van der Waals surface area contributed by atoms with Crippen molar-refractivity contribution in [1.82, 2.24) is 4.90 Å². The second kappa shape index (κ2) is 8.54. The summed E-state index contributed by atoms with van der Waals surface area (Å²) in [6.45, 7) is 2.31. The minimum absolute atomic E-state index is 0.0479. The van der Waals surface area contributed by atoms with Gasteiger partial charge in [0.25, 0.3) is 5.91 Å². The van der Waals surface area contributed by atoms with Gasteiger partial charge in [0.15, 0.2) is 16.9 Å². The number of hydrogen-bond donors (Lipinski definition) is 0. The maximum Gasteiger partial charge on any atom is 0.291 e. The molecule has 172 valence electrons. The van der Waals surface area contributed by atoms with Crippen LogP contribution in [0.15, 0.2) is 69.9 Å². The number of carbonyl (C=O) groups excluding carboxylic acids is 1. The Labute approximate surface area is 201 Å². The molecular weight excluding hydrogens is 454 g/mol. The molecule has 0 saturated carbocycles. The molecule has 1 aliphatic rings. The lowest BCUT2D eigenvalue weighted by Crippen LogP contribution is -2.29. The van der Waals surface area contributed by atoms with E-state index in [0.29, 0.717) is 45.2 Å². The van der Waals surface area contributed by atoms with E-state index in [9.17, 15) is 9.59 Å². The molecule has 0 unspecified atom stereocenters. The van der Waals surface area contributed by atoms with Crippen LogP contribution in [-0.4, -0.2) is 25.0 Å². The van der Waals surface area contributed by atoms with Crippen molar-refractivity contribution in [1.29, 1.82) is 0 Å². The summed E-state index contributed by atoms with van der Waals surface area (Å²) in [7, 11) is 3.10. The van der Waals surface area contributed by atoms with Gasteiger partial charge in [-0.3, -0.25) is 9.59 Å². The number of benzene rings is 3. The highest BCUT2D eigenvalue weighted by Crippen LogP contribution is 2.41. The molecule has 5 rings (SSSR count). The Bertz CT molecular complexity index is 1480. The van der Waals surface area contributed by atoms with Gasteiger partial charge in [-0.2, -0.15) is 0 Å². The molecule has 1 amide bonds. The van der Waals surface area contributed by atoms with Gasteiger partial charge in [-0.25, -0.2) is 0 Å². The average molecular weight is 476 g/mol. The Morgan fingerprint density at radius 3 is 2.38 bits per heavy atom. The Morgan fingerprint density at radius 2 is 1.68 bits per heavy atom. The molecule has 6 nitrogen and oxygen atoms in total. The molecule has 7 heteroatoms. The summed E-state index contributed by atoms with van der Waals surface area (Å²) in [4.78, 5) is 28.9. The predicted octanol–water partition coefficient (Wildman–Crippen LogP) is 5.52. The summed E-state index contributed by atoms with van der Waals surface area (Å²) >= 11 is 6.16. The lowest BCUT2D eigenvalue weighted by molar-refractivity contribution is 0.0714. The van der Waals surface area contributed by atoms with Crippen LogP contribution in [0.4, 0.5) is 0 Å². The maximum atomic E-state index is 13.7. The van der Waals surface area contributed by atoms with Crippen molar-refractivity contribution in [3.05, 3.63) is 104 Å². The quantitative estimate of drug-likeness (QED) is 0.380. The van der Waals surface area contributed by atoms with Crippen LogP contribution < -0.4 is 14.9 Å². The summed E-state index contributed by atoms with van der Waals surface area (Å²) in [5.41, 5.74) is 3.11. The second-order valence-electron chi connectivity index (χ2n) is 8.25. The van der Waals surface area contributed by atoms with E-state index in [-0.39, 0.29) is 17.1 Å². The van der Waals surface area contributed by atoms with E-state index in [1.807, 2.05) is 37.3 Å². The standard InChI is InChI=1S/C27H22ClNO5/c1-15-4-6-16(7-5-15)14-29-24(17-8-10-21(32-2)22(12-17)33-3)23-25(30)19-13-18(28)9-11-20(19)34-26(23)27(29)31/h4-13,24H,14H2,1-3H3/t24-/m1/s1. The van der Waals surface area contributed by atoms with Gasteiger partial charge >= 0.3 is 0 Å². The molecule has 0 N–H and O–H groups in total. The van der Waals surface area contributed by atoms with Gasteiger partial charge in [-0.05, 0) is 48.4 Å². The summed E-state index contributed by atoms with van der Waals surface area (Å²) in [5.74, 6) is 0.763. The van der Waals surface area contributed by atoms with Gasteiger partial charge < -0.3 is 18.8 Å². The number of nitrogens with zero attached hydrogens (tertiary/aromatic N) is 1. The van der Waals surface area contributed by atoms with Crippen LogP contribution in [-0.2, 0) is 6.54 Å². The lowest BCUT2D eigenvalue weighted by atomic mass is 9.97. The van der Waals surface area contributed by atoms with Crippen molar-refractivity contribution in [2.24, 2.45) is 0 Å². The van der Waals surface area contributed by atoms with E-state index < -0.39 is 6.04 Å². The van der Waals surface area contributed by atoms with Crippen LogP contribution in [0.25, 0.3) is 11.0 Å². The minimum atomic E-state index is -0.664. The third kappa shape index (κ3) is 3.60. The van der Waals surface area contributed by atoms with Crippen molar-refractivity contribution < 1.29 is 18.7 Å². The molecule has 2 heterocycles. The first-order valence-corrected chi connectivity index (χ1v) is 11.1. The lowest BCUT2D eigenvalue weighted by Gasteiger charge is -2.26. The number of hydrogen-bond acceptors (Lipinski definition) is 5. The first-order valence-electron chi connectivity index (χ1n) is 10.8. The van der Waals surface area contributed by atoms with Crippen molar-refractivity contribution in [2.45, 2.75) is 19.5 Å². The van der Waals surface area contributed by atoms with Gasteiger partial charge in [-0.15, -0.1) is 0 Å². The van der Waals surface area contributed by atoms with Crippen LogP contribution in [0, 0.1) is 6.92 Å². The Balaban J connectivity index is 1.73. The predicted molar refractivity (Wildman–Crippen MR) is 130 cm³/mol. The molecule has 1 aliphatic heterocycles. The van der Waals surface area contributed by atoms with E-state index in [4.69, 9.17) is 25.5 Å². The summed E-state index contributed by atoms with van der Waals surface area (Å²) < 4.78 is 16.8.